The van der Waals surface area contributed by atoms with Gasteiger partial charge in [-0.05, 0) is 49.4 Å². The number of aryl methyl sites for hydroxylation is 1. The standard InChI is InChI=1S/C22H26N4O/c1-15(2)14-27-17-8-10-25(11-9-17)21-12-16(3)18(13-23)22-24-19-6-4-5-7-20(19)26(21)22/h4-7,12,15,17H,8-11,14H2,1-3H3. The molecule has 140 valence electrons. The Kier molecular flexibility index (Phi) is 4.75. The van der Waals surface area contributed by atoms with Crippen molar-refractivity contribution in [2.45, 2.75) is 39.7 Å². The summed E-state index contributed by atoms with van der Waals surface area (Å²) in [6.45, 7) is 9.12. The Morgan fingerprint density at radius 2 is 2.00 bits per heavy atom. The predicted molar refractivity (Wildman–Crippen MR) is 108 cm³/mol. The summed E-state index contributed by atoms with van der Waals surface area (Å²) in [6, 6.07) is 12.6. The van der Waals surface area contributed by atoms with Gasteiger partial charge >= 0.3 is 0 Å². The van der Waals surface area contributed by atoms with Gasteiger partial charge in [0.2, 0.25) is 0 Å². The van der Waals surface area contributed by atoms with Gasteiger partial charge in [0.05, 0.1) is 22.7 Å². The van der Waals surface area contributed by atoms with Crippen LogP contribution in [0.5, 0.6) is 0 Å². The zero-order valence-corrected chi connectivity index (χ0v) is 16.3. The lowest BCUT2D eigenvalue weighted by atomic mass is 10.1. The van der Waals surface area contributed by atoms with Gasteiger partial charge < -0.3 is 9.64 Å². The van der Waals surface area contributed by atoms with Gasteiger partial charge in [-0.3, -0.25) is 4.40 Å². The molecule has 2 aromatic heterocycles. The first-order valence-electron chi connectivity index (χ1n) is 9.76. The van der Waals surface area contributed by atoms with E-state index in [9.17, 15) is 5.26 Å². The van der Waals surface area contributed by atoms with E-state index in [1.165, 1.54) is 0 Å². The molecule has 0 atom stereocenters. The van der Waals surface area contributed by atoms with E-state index in [-0.39, 0.29) is 0 Å². The molecule has 1 aliphatic rings. The first-order chi connectivity index (χ1) is 13.1. The third kappa shape index (κ3) is 3.26. The molecule has 5 heteroatoms. The van der Waals surface area contributed by atoms with E-state index in [1.807, 2.05) is 25.1 Å². The maximum Gasteiger partial charge on any atom is 0.157 e. The molecule has 0 N–H and O–H groups in total. The molecule has 1 saturated heterocycles. The first-order valence-corrected chi connectivity index (χ1v) is 9.76. The largest absolute Gasteiger partial charge is 0.378 e. The summed E-state index contributed by atoms with van der Waals surface area (Å²) in [6.07, 6.45) is 2.40. The van der Waals surface area contributed by atoms with E-state index in [0.29, 0.717) is 17.6 Å². The fraction of sp³-hybridized carbons (Fsp3) is 0.455. The van der Waals surface area contributed by atoms with E-state index >= 15 is 0 Å². The smallest absolute Gasteiger partial charge is 0.157 e. The molecular weight excluding hydrogens is 336 g/mol. The number of nitriles is 1. The Balaban J connectivity index is 1.71. The number of rotatable bonds is 4. The molecule has 0 amide bonds. The van der Waals surface area contributed by atoms with Gasteiger partial charge in [-0.1, -0.05) is 26.0 Å². The van der Waals surface area contributed by atoms with Crippen LogP contribution in [0.3, 0.4) is 0 Å². The summed E-state index contributed by atoms with van der Waals surface area (Å²) in [4.78, 5) is 7.16. The number of aromatic nitrogens is 2. The van der Waals surface area contributed by atoms with Crippen LogP contribution in [0.1, 0.15) is 37.8 Å². The van der Waals surface area contributed by atoms with Crippen LogP contribution in [-0.2, 0) is 4.74 Å². The Hall–Kier alpha value is -2.58. The number of hydrogen-bond acceptors (Lipinski definition) is 4. The first kappa shape index (κ1) is 17.8. The minimum absolute atomic E-state index is 0.346. The summed E-state index contributed by atoms with van der Waals surface area (Å²) in [5, 5.41) is 9.65. The van der Waals surface area contributed by atoms with Crippen molar-refractivity contribution in [2.24, 2.45) is 5.92 Å². The van der Waals surface area contributed by atoms with Gasteiger partial charge in [0.1, 0.15) is 11.9 Å². The molecule has 5 nitrogen and oxygen atoms in total. The van der Waals surface area contributed by atoms with Gasteiger partial charge in [-0.2, -0.15) is 5.26 Å². The number of piperidine rings is 1. The molecule has 0 radical (unpaired) electrons. The number of pyridine rings is 1. The molecule has 1 aromatic carbocycles. The van der Waals surface area contributed by atoms with Crippen LogP contribution in [0.2, 0.25) is 0 Å². The van der Waals surface area contributed by atoms with Crippen LogP contribution in [0.25, 0.3) is 16.7 Å². The second-order valence-electron chi connectivity index (χ2n) is 7.85. The normalized spacial score (nSPS) is 15.7. The van der Waals surface area contributed by atoms with Crippen molar-refractivity contribution in [2.75, 3.05) is 24.6 Å². The number of fused-ring (bicyclic) bond motifs is 3. The molecule has 0 aliphatic carbocycles. The predicted octanol–water partition coefficient (Wildman–Crippen LogP) is 4.31. The van der Waals surface area contributed by atoms with Crippen molar-refractivity contribution in [3.8, 4) is 6.07 Å². The van der Waals surface area contributed by atoms with E-state index in [4.69, 9.17) is 9.72 Å². The molecule has 1 aliphatic heterocycles. The minimum atomic E-state index is 0.346. The highest BCUT2D eigenvalue weighted by atomic mass is 16.5. The van der Waals surface area contributed by atoms with Crippen molar-refractivity contribution in [1.29, 1.82) is 5.26 Å². The third-order valence-electron chi connectivity index (χ3n) is 5.30. The maximum absolute atomic E-state index is 9.65. The number of imidazole rings is 1. The van der Waals surface area contributed by atoms with Crippen LogP contribution in [0.4, 0.5) is 5.82 Å². The lowest BCUT2D eigenvalue weighted by Crippen LogP contribution is -2.38. The highest BCUT2D eigenvalue weighted by Crippen LogP contribution is 2.30. The van der Waals surface area contributed by atoms with Gasteiger partial charge in [0.15, 0.2) is 5.65 Å². The second-order valence-corrected chi connectivity index (χ2v) is 7.85. The van der Waals surface area contributed by atoms with Gasteiger partial charge in [0, 0.05) is 19.7 Å². The van der Waals surface area contributed by atoms with Gasteiger partial charge in [-0.15, -0.1) is 0 Å². The van der Waals surface area contributed by atoms with E-state index in [0.717, 1.165) is 60.6 Å². The average Bonchev–Trinajstić information content (AvgIpc) is 3.05. The van der Waals surface area contributed by atoms with Crippen molar-refractivity contribution in [1.82, 2.24) is 9.38 Å². The van der Waals surface area contributed by atoms with Gasteiger partial charge in [0.25, 0.3) is 0 Å². The number of anilines is 1. The van der Waals surface area contributed by atoms with Crippen LogP contribution in [0, 0.1) is 24.2 Å². The Labute approximate surface area is 160 Å². The summed E-state index contributed by atoms with van der Waals surface area (Å²) in [7, 11) is 0. The zero-order valence-electron chi connectivity index (χ0n) is 16.3. The molecule has 0 bridgehead atoms. The van der Waals surface area contributed by atoms with Crippen molar-refractivity contribution >= 4 is 22.5 Å². The molecule has 3 aromatic rings. The number of benzene rings is 1. The fourth-order valence-corrected chi connectivity index (χ4v) is 3.88. The SMILES string of the molecule is Cc1cc(N2CCC(OCC(C)C)CC2)n2c(nc3ccccc32)c1C#N. The highest BCUT2D eigenvalue weighted by molar-refractivity contribution is 5.85. The van der Waals surface area contributed by atoms with Crippen molar-refractivity contribution < 1.29 is 4.74 Å². The highest BCUT2D eigenvalue weighted by Gasteiger charge is 2.24. The van der Waals surface area contributed by atoms with Crippen molar-refractivity contribution in [3.63, 3.8) is 0 Å². The topological polar surface area (TPSA) is 53.6 Å². The van der Waals surface area contributed by atoms with Crippen LogP contribution in [-0.4, -0.2) is 35.2 Å². The minimum Gasteiger partial charge on any atom is -0.378 e. The van der Waals surface area contributed by atoms with Crippen LogP contribution < -0.4 is 4.90 Å². The van der Waals surface area contributed by atoms with E-state index in [2.05, 4.69) is 41.4 Å². The van der Waals surface area contributed by atoms with E-state index < -0.39 is 0 Å². The van der Waals surface area contributed by atoms with E-state index in [1.54, 1.807) is 0 Å². The fourth-order valence-electron chi connectivity index (χ4n) is 3.88. The Morgan fingerprint density at radius 3 is 2.70 bits per heavy atom. The lowest BCUT2D eigenvalue weighted by Gasteiger charge is -2.34. The Bertz CT molecular complexity index is 1010. The molecule has 27 heavy (non-hydrogen) atoms. The third-order valence-corrected chi connectivity index (χ3v) is 5.30. The number of hydrogen-bond donors (Lipinski definition) is 0. The number of nitrogens with zero attached hydrogens (tertiary/aromatic N) is 4. The molecule has 0 unspecified atom stereocenters. The summed E-state index contributed by atoms with van der Waals surface area (Å²) < 4.78 is 8.19. The average molecular weight is 362 g/mol. The van der Waals surface area contributed by atoms with Crippen molar-refractivity contribution in [3.05, 3.63) is 41.5 Å². The summed E-state index contributed by atoms with van der Waals surface area (Å²) in [5.74, 6) is 1.69. The lowest BCUT2D eigenvalue weighted by molar-refractivity contribution is 0.0214. The molecule has 3 heterocycles. The summed E-state index contributed by atoms with van der Waals surface area (Å²) >= 11 is 0. The van der Waals surface area contributed by atoms with Crippen LogP contribution in [0.15, 0.2) is 30.3 Å². The number of para-hydroxylation sites is 2. The monoisotopic (exact) mass is 362 g/mol. The quantitative estimate of drug-likeness (QED) is 0.694. The second kappa shape index (κ2) is 7.21. The molecule has 0 saturated carbocycles. The van der Waals surface area contributed by atoms with Crippen LogP contribution >= 0.6 is 0 Å². The summed E-state index contributed by atoms with van der Waals surface area (Å²) in [5.41, 5.74) is 4.37. The molecular formula is C22H26N4O. The molecule has 0 spiro atoms. The zero-order chi connectivity index (χ0) is 19.0. The molecule has 1 fully saturated rings. The Morgan fingerprint density at radius 1 is 1.26 bits per heavy atom. The van der Waals surface area contributed by atoms with Gasteiger partial charge in [-0.25, -0.2) is 4.98 Å². The number of ether oxygens (including phenoxy) is 1. The maximum atomic E-state index is 9.65. The molecule has 4 rings (SSSR count).